The average molecular weight is 469 g/mol. The molecule has 0 saturated heterocycles. The lowest BCUT2D eigenvalue weighted by Crippen LogP contribution is -2.45. The maximum Gasteiger partial charge on any atom is 0.424 e. The van der Waals surface area contributed by atoms with Gasteiger partial charge in [0.25, 0.3) is 5.91 Å². The van der Waals surface area contributed by atoms with E-state index < -0.39 is 41.2 Å². The van der Waals surface area contributed by atoms with E-state index >= 15 is 0 Å². The summed E-state index contributed by atoms with van der Waals surface area (Å²) in [5.41, 5.74) is -2.54. The summed E-state index contributed by atoms with van der Waals surface area (Å²) in [5.74, 6) is -2.58. The van der Waals surface area contributed by atoms with Gasteiger partial charge >= 0.3 is 6.18 Å². The summed E-state index contributed by atoms with van der Waals surface area (Å²) in [6, 6.07) is 3.78. The molecule has 0 saturated carbocycles. The summed E-state index contributed by atoms with van der Waals surface area (Å²) in [6.07, 6.45) is -3.73. The molecule has 0 spiro atoms. The predicted octanol–water partition coefficient (Wildman–Crippen LogP) is 3.55. The lowest BCUT2D eigenvalue weighted by Gasteiger charge is -2.36. The number of aromatic nitrogens is 4. The van der Waals surface area contributed by atoms with E-state index in [2.05, 4.69) is 10.1 Å². The Labute approximate surface area is 185 Å². The van der Waals surface area contributed by atoms with Crippen LogP contribution >= 0.6 is 0 Å². The van der Waals surface area contributed by atoms with E-state index in [1.54, 1.807) is 6.92 Å². The van der Waals surface area contributed by atoms with Gasteiger partial charge in [-0.1, -0.05) is 0 Å². The molecule has 1 aromatic carbocycles. The third-order valence-corrected chi connectivity index (χ3v) is 5.73. The van der Waals surface area contributed by atoms with Crippen molar-refractivity contribution in [2.45, 2.75) is 38.2 Å². The number of hydrogen-bond donors (Lipinski definition) is 1. The number of alkyl halides is 3. The van der Waals surface area contributed by atoms with Gasteiger partial charge in [0.1, 0.15) is 17.3 Å². The molecule has 4 rings (SSSR count). The second kappa shape index (κ2) is 7.65. The van der Waals surface area contributed by atoms with Gasteiger partial charge in [0, 0.05) is 25.2 Å². The Hall–Kier alpha value is -3.28. The number of nitrogens with zero attached hydrogens (tertiary/aromatic N) is 5. The minimum Gasteiger partial charge on any atom is -0.374 e. The number of benzene rings is 1. The molecule has 0 aliphatic carbocycles. The third-order valence-electron chi connectivity index (χ3n) is 5.73. The Morgan fingerprint density at radius 3 is 2.55 bits per heavy atom. The van der Waals surface area contributed by atoms with Gasteiger partial charge in [-0.25, -0.2) is 13.8 Å². The van der Waals surface area contributed by atoms with E-state index in [1.807, 2.05) is 0 Å². The van der Waals surface area contributed by atoms with Crippen molar-refractivity contribution in [1.82, 2.24) is 24.2 Å². The molecule has 1 amide bonds. The molecule has 33 heavy (non-hydrogen) atoms. The van der Waals surface area contributed by atoms with Crippen LogP contribution in [0.5, 0.6) is 0 Å². The van der Waals surface area contributed by atoms with Crippen LogP contribution < -0.4 is 0 Å². The van der Waals surface area contributed by atoms with Crippen LogP contribution in [0.25, 0.3) is 11.3 Å². The first-order chi connectivity index (χ1) is 15.3. The number of imidazole rings is 1. The Kier molecular flexibility index (Phi) is 5.31. The molecule has 0 bridgehead atoms. The number of aliphatic hydroxyl groups is 1. The van der Waals surface area contributed by atoms with Crippen LogP contribution in [0.1, 0.15) is 41.9 Å². The van der Waals surface area contributed by atoms with Crippen LogP contribution in [0, 0.1) is 11.6 Å². The van der Waals surface area contributed by atoms with E-state index in [9.17, 15) is 31.9 Å². The molecule has 1 aliphatic heterocycles. The zero-order valence-corrected chi connectivity index (χ0v) is 17.9. The topological polar surface area (TPSA) is 76.2 Å². The van der Waals surface area contributed by atoms with E-state index in [0.29, 0.717) is 18.7 Å². The Morgan fingerprint density at radius 1 is 1.21 bits per heavy atom. The molecular weight excluding hydrogens is 449 g/mol. The highest BCUT2D eigenvalue weighted by atomic mass is 19.4. The van der Waals surface area contributed by atoms with Crippen molar-refractivity contribution in [2.75, 3.05) is 6.54 Å². The smallest absolute Gasteiger partial charge is 0.374 e. The first-order valence-electron chi connectivity index (χ1n) is 9.95. The minimum atomic E-state index is -4.93. The summed E-state index contributed by atoms with van der Waals surface area (Å²) in [7, 11) is 1.49. The first-order valence-corrected chi connectivity index (χ1v) is 9.95. The third kappa shape index (κ3) is 3.77. The highest BCUT2D eigenvalue weighted by molar-refractivity contribution is 5.93. The Bertz CT molecular complexity index is 1230. The molecule has 2 atom stereocenters. The van der Waals surface area contributed by atoms with Crippen LogP contribution in [0.4, 0.5) is 22.0 Å². The van der Waals surface area contributed by atoms with Gasteiger partial charge in [0.2, 0.25) is 5.60 Å². The zero-order valence-electron chi connectivity index (χ0n) is 17.9. The van der Waals surface area contributed by atoms with Crippen molar-refractivity contribution in [3.63, 3.8) is 0 Å². The summed E-state index contributed by atoms with van der Waals surface area (Å²) >= 11 is 0. The Morgan fingerprint density at radius 2 is 1.91 bits per heavy atom. The summed E-state index contributed by atoms with van der Waals surface area (Å²) < 4.78 is 69.9. The van der Waals surface area contributed by atoms with E-state index in [4.69, 9.17) is 0 Å². The van der Waals surface area contributed by atoms with Gasteiger partial charge in [-0.3, -0.25) is 9.48 Å². The van der Waals surface area contributed by atoms with Gasteiger partial charge in [0.15, 0.2) is 5.82 Å². The lowest BCUT2D eigenvalue weighted by atomic mass is 10.0. The fraction of sp³-hybridized carbons (Fsp3) is 0.381. The molecule has 1 unspecified atom stereocenters. The van der Waals surface area contributed by atoms with Gasteiger partial charge in [0.05, 0.1) is 30.2 Å². The lowest BCUT2D eigenvalue weighted by molar-refractivity contribution is -0.263. The Balaban J connectivity index is 1.63. The van der Waals surface area contributed by atoms with Crippen LogP contribution in [0.15, 0.2) is 30.5 Å². The molecule has 2 aromatic heterocycles. The number of aryl methyl sites for hydroxylation is 1. The number of fused-ring (bicyclic) bond motifs is 1. The van der Waals surface area contributed by atoms with Gasteiger partial charge in [-0.15, -0.1) is 0 Å². The van der Waals surface area contributed by atoms with Crippen LogP contribution in [0.2, 0.25) is 0 Å². The molecule has 3 heterocycles. The van der Waals surface area contributed by atoms with Crippen LogP contribution in [-0.4, -0.2) is 48.0 Å². The van der Waals surface area contributed by atoms with Crippen LogP contribution in [-0.2, 0) is 19.2 Å². The van der Waals surface area contributed by atoms with Crippen molar-refractivity contribution in [3.8, 4) is 11.3 Å². The minimum absolute atomic E-state index is 0.0233. The quantitative estimate of drug-likeness (QED) is 0.596. The van der Waals surface area contributed by atoms with Gasteiger partial charge in [-0.05, 0) is 32.0 Å². The maximum atomic E-state index is 14.1. The molecule has 7 nitrogen and oxygen atoms in total. The molecular formula is C21H20F5N5O2. The maximum absolute atomic E-state index is 14.1. The van der Waals surface area contributed by atoms with Gasteiger partial charge in [-0.2, -0.15) is 18.3 Å². The number of hydrogen-bond acceptors (Lipinski definition) is 4. The molecule has 0 fully saturated rings. The number of carbonyl (C=O) groups excluding carboxylic acids is 1. The molecule has 0 radical (unpaired) electrons. The number of halogens is 5. The first kappa shape index (κ1) is 22.9. The van der Waals surface area contributed by atoms with Crippen molar-refractivity contribution in [3.05, 3.63) is 59.3 Å². The fourth-order valence-corrected chi connectivity index (χ4v) is 3.97. The van der Waals surface area contributed by atoms with Crippen LogP contribution in [0.3, 0.4) is 0 Å². The number of carbonyl (C=O) groups is 1. The molecule has 1 N–H and O–H groups in total. The number of rotatable bonds is 3. The number of amides is 1. The largest absolute Gasteiger partial charge is 0.424 e. The van der Waals surface area contributed by atoms with Crippen molar-refractivity contribution in [1.29, 1.82) is 0 Å². The van der Waals surface area contributed by atoms with Gasteiger partial charge < -0.3 is 14.6 Å². The normalized spacial score (nSPS) is 18.2. The van der Waals surface area contributed by atoms with Crippen molar-refractivity contribution in [2.24, 2.45) is 7.05 Å². The summed E-state index contributed by atoms with van der Waals surface area (Å²) in [6.45, 7) is 2.26. The second-order valence-electron chi connectivity index (χ2n) is 8.21. The monoisotopic (exact) mass is 469 g/mol. The summed E-state index contributed by atoms with van der Waals surface area (Å²) in [4.78, 5) is 18.4. The summed E-state index contributed by atoms with van der Waals surface area (Å²) in [5, 5.41) is 14.2. The van der Waals surface area contributed by atoms with E-state index in [0.717, 1.165) is 6.07 Å². The zero-order chi connectivity index (χ0) is 24.3. The van der Waals surface area contributed by atoms with Crippen molar-refractivity contribution < 1.29 is 31.9 Å². The molecule has 12 heteroatoms. The second-order valence-corrected chi connectivity index (χ2v) is 8.21. The molecule has 1 aliphatic rings. The highest BCUT2D eigenvalue weighted by Gasteiger charge is 2.55. The molecule has 3 aromatic rings. The fourth-order valence-electron chi connectivity index (χ4n) is 3.97. The predicted molar refractivity (Wildman–Crippen MR) is 106 cm³/mol. The highest BCUT2D eigenvalue weighted by Crippen LogP contribution is 2.40. The van der Waals surface area contributed by atoms with E-state index in [1.165, 1.54) is 39.5 Å². The van der Waals surface area contributed by atoms with E-state index in [-0.39, 0.29) is 30.0 Å². The average Bonchev–Trinajstić information content (AvgIpc) is 3.31. The molecule has 176 valence electrons. The van der Waals surface area contributed by atoms with Crippen molar-refractivity contribution >= 4 is 5.91 Å². The standard InChI is InChI=1S/C21H20F5N5O2/c1-11-9-30(10-13-8-27-19(31(11)13)20(2,33)21(24,25)26)18(32)17-7-16(28-29(17)3)14-5-4-12(22)6-15(14)23/h4-8,11,33H,9-10H2,1-3H3/t11-,20?/m0/s1. The SMILES string of the molecule is C[C@H]1CN(C(=O)c2cc(-c3ccc(F)cc3F)nn2C)Cc2cnc(C(C)(O)C(F)(F)F)n21.